The normalized spacial score (nSPS) is 20.4. The van der Waals surface area contributed by atoms with Crippen LogP contribution in [0, 0.1) is 0 Å². The Morgan fingerprint density at radius 3 is 2.50 bits per heavy atom. The molecule has 0 atom stereocenters. The lowest BCUT2D eigenvalue weighted by Gasteiger charge is -2.29. The summed E-state index contributed by atoms with van der Waals surface area (Å²) in [5, 5.41) is 0.491. The highest BCUT2D eigenvalue weighted by atomic mass is 35.5. The van der Waals surface area contributed by atoms with Gasteiger partial charge in [0.15, 0.2) is 5.82 Å². The molecule has 1 fully saturated rings. The molecule has 4 heteroatoms. The fourth-order valence-electron chi connectivity index (χ4n) is 2.37. The summed E-state index contributed by atoms with van der Waals surface area (Å²) in [5.74, 6) is 0.740. The fraction of sp³-hybridized carbons (Fsp3) is 0.667. The van der Waals surface area contributed by atoms with Crippen molar-refractivity contribution in [3.05, 3.63) is 23.2 Å². The summed E-state index contributed by atoms with van der Waals surface area (Å²) in [7, 11) is 1.75. The maximum absolute atomic E-state index is 5.92. The van der Waals surface area contributed by atoms with Crippen molar-refractivity contribution in [2.24, 2.45) is 0 Å². The number of hydrogen-bond acceptors (Lipinski definition) is 3. The number of hydrogen-bond donors (Lipinski definition) is 0. The number of nitrogens with zero attached hydrogens (tertiary/aromatic N) is 2. The van der Waals surface area contributed by atoms with E-state index in [0.29, 0.717) is 5.15 Å². The SMILES string of the molecule is COC1(c2nccc(Cl)n2)CCCCCC1. The molecule has 1 aliphatic carbocycles. The molecule has 1 aromatic rings. The number of halogens is 1. The highest BCUT2D eigenvalue weighted by Gasteiger charge is 2.35. The minimum absolute atomic E-state index is 0.318. The average molecular weight is 241 g/mol. The molecule has 2 rings (SSSR count). The molecule has 0 N–H and O–H groups in total. The molecule has 0 unspecified atom stereocenters. The van der Waals surface area contributed by atoms with Crippen LogP contribution >= 0.6 is 11.6 Å². The largest absolute Gasteiger partial charge is 0.370 e. The zero-order valence-corrected chi connectivity index (χ0v) is 10.3. The maximum Gasteiger partial charge on any atom is 0.161 e. The zero-order valence-electron chi connectivity index (χ0n) is 9.58. The summed E-state index contributed by atoms with van der Waals surface area (Å²) in [6.45, 7) is 0. The first-order chi connectivity index (χ1) is 7.77. The second-order valence-corrected chi connectivity index (χ2v) is 4.70. The summed E-state index contributed by atoms with van der Waals surface area (Å²) in [5.41, 5.74) is -0.318. The number of aromatic nitrogens is 2. The number of rotatable bonds is 2. The van der Waals surface area contributed by atoms with Gasteiger partial charge in [-0.25, -0.2) is 9.97 Å². The van der Waals surface area contributed by atoms with Gasteiger partial charge < -0.3 is 4.74 Å². The van der Waals surface area contributed by atoms with Gasteiger partial charge in [0.05, 0.1) is 0 Å². The van der Waals surface area contributed by atoms with Gasteiger partial charge in [-0.2, -0.15) is 0 Å². The molecular formula is C12H17ClN2O. The van der Waals surface area contributed by atoms with Crippen LogP contribution in [-0.4, -0.2) is 17.1 Å². The summed E-state index contributed by atoms with van der Waals surface area (Å²) >= 11 is 5.92. The Bertz CT molecular complexity index is 349. The van der Waals surface area contributed by atoms with Crippen molar-refractivity contribution < 1.29 is 4.74 Å². The van der Waals surface area contributed by atoms with E-state index in [1.54, 1.807) is 19.4 Å². The van der Waals surface area contributed by atoms with Crippen molar-refractivity contribution in [2.75, 3.05) is 7.11 Å². The van der Waals surface area contributed by atoms with Gasteiger partial charge >= 0.3 is 0 Å². The first-order valence-corrected chi connectivity index (χ1v) is 6.19. The van der Waals surface area contributed by atoms with Gasteiger partial charge in [-0.05, 0) is 18.9 Å². The van der Waals surface area contributed by atoms with Gasteiger partial charge in [-0.3, -0.25) is 0 Å². The van der Waals surface area contributed by atoms with Crippen molar-refractivity contribution in [1.82, 2.24) is 9.97 Å². The second-order valence-electron chi connectivity index (χ2n) is 4.32. The Morgan fingerprint density at radius 2 is 1.94 bits per heavy atom. The van der Waals surface area contributed by atoms with Crippen LogP contribution in [0.2, 0.25) is 5.15 Å². The van der Waals surface area contributed by atoms with E-state index in [1.807, 2.05) is 0 Å². The fourth-order valence-corrected chi connectivity index (χ4v) is 2.51. The molecule has 1 saturated carbocycles. The second kappa shape index (κ2) is 5.11. The van der Waals surface area contributed by atoms with Crippen molar-refractivity contribution >= 4 is 11.6 Å². The molecule has 0 saturated heterocycles. The average Bonchev–Trinajstić information content (AvgIpc) is 2.55. The van der Waals surface area contributed by atoms with Gasteiger partial charge in [0.1, 0.15) is 10.8 Å². The molecule has 1 aliphatic rings. The van der Waals surface area contributed by atoms with E-state index in [0.717, 1.165) is 18.7 Å². The van der Waals surface area contributed by atoms with Crippen LogP contribution in [0.15, 0.2) is 12.3 Å². The van der Waals surface area contributed by atoms with Crippen molar-refractivity contribution in [1.29, 1.82) is 0 Å². The lowest BCUT2D eigenvalue weighted by molar-refractivity contribution is -0.0351. The summed E-state index contributed by atoms with van der Waals surface area (Å²) in [6.07, 6.45) is 8.56. The van der Waals surface area contributed by atoms with E-state index in [9.17, 15) is 0 Å². The number of ether oxygens (including phenoxy) is 1. The Balaban J connectivity index is 2.31. The first-order valence-electron chi connectivity index (χ1n) is 5.81. The van der Waals surface area contributed by atoms with Crippen LogP contribution in [0.3, 0.4) is 0 Å². The predicted octanol–water partition coefficient (Wildman–Crippen LogP) is 3.33. The van der Waals surface area contributed by atoms with Gasteiger partial charge in [0.25, 0.3) is 0 Å². The van der Waals surface area contributed by atoms with E-state index in [1.165, 1.54) is 25.7 Å². The smallest absolute Gasteiger partial charge is 0.161 e. The molecule has 0 bridgehead atoms. The van der Waals surface area contributed by atoms with Crippen molar-refractivity contribution in [3.8, 4) is 0 Å². The Morgan fingerprint density at radius 1 is 1.25 bits per heavy atom. The highest BCUT2D eigenvalue weighted by molar-refractivity contribution is 6.29. The minimum Gasteiger partial charge on any atom is -0.370 e. The maximum atomic E-state index is 5.92. The summed E-state index contributed by atoms with van der Waals surface area (Å²) in [6, 6.07) is 1.70. The monoisotopic (exact) mass is 240 g/mol. The molecule has 1 heterocycles. The summed E-state index contributed by atoms with van der Waals surface area (Å²) < 4.78 is 5.72. The molecule has 3 nitrogen and oxygen atoms in total. The quantitative estimate of drug-likeness (QED) is 0.588. The molecule has 88 valence electrons. The van der Waals surface area contributed by atoms with E-state index >= 15 is 0 Å². The third-order valence-corrected chi connectivity index (χ3v) is 3.54. The summed E-state index contributed by atoms with van der Waals surface area (Å²) in [4.78, 5) is 8.64. The lowest BCUT2D eigenvalue weighted by Crippen LogP contribution is -2.30. The molecule has 0 spiro atoms. The van der Waals surface area contributed by atoms with Gasteiger partial charge in [0, 0.05) is 13.3 Å². The molecule has 1 aromatic heterocycles. The van der Waals surface area contributed by atoms with E-state index in [-0.39, 0.29) is 5.60 Å². The topological polar surface area (TPSA) is 35.0 Å². The number of methoxy groups -OCH3 is 1. The van der Waals surface area contributed by atoms with Crippen molar-refractivity contribution in [2.45, 2.75) is 44.1 Å². The van der Waals surface area contributed by atoms with E-state index in [2.05, 4.69) is 9.97 Å². The van der Waals surface area contributed by atoms with Gasteiger partial charge in [0.2, 0.25) is 0 Å². The molecule has 0 aliphatic heterocycles. The van der Waals surface area contributed by atoms with Gasteiger partial charge in [-0.15, -0.1) is 0 Å². The van der Waals surface area contributed by atoms with Crippen LogP contribution in [0.5, 0.6) is 0 Å². The van der Waals surface area contributed by atoms with Crippen LogP contribution in [0.25, 0.3) is 0 Å². The van der Waals surface area contributed by atoms with E-state index < -0.39 is 0 Å². The molecule has 0 amide bonds. The predicted molar refractivity (Wildman–Crippen MR) is 63.4 cm³/mol. The van der Waals surface area contributed by atoms with Crippen LogP contribution in [-0.2, 0) is 10.3 Å². The molecular weight excluding hydrogens is 224 g/mol. The Hall–Kier alpha value is -0.670. The Kier molecular flexibility index (Phi) is 3.77. The standard InChI is InChI=1S/C12H17ClN2O/c1-16-12(7-4-2-3-5-8-12)11-14-9-6-10(13)15-11/h6,9H,2-5,7-8H2,1H3. The van der Waals surface area contributed by atoms with Crippen molar-refractivity contribution in [3.63, 3.8) is 0 Å². The first kappa shape index (κ1) is 11.8. The third kappa shape index (κ3) is 2.36. The molecule has 0 radical (unpaired) electrons. The van der Waals surface area contributed by atoms with E-state index in [4.69, 9.17) is 16.3 Å². The minimum atomic E-state index is -0.318. The lowest BCUT2D eigenvalue weighted by atomic mass is 9.93. The third-order valence-electron chi connectivity index (χ3n) is 3.33. The molecule has 16 heavy (non-hydrogen) atoms. The van der Waals surface area contributed by atoms with Crippen LogP contribution in [0.4, 0.5) is 0 Å². The zero-order chi connectivity index (χ0) is 11.4. The van der Waals surface area contributed by atoms with Crippen LogP contribution in [0.1, 0.15) is 44.3 Å². The highest BCUT2D eigenvalue weighted by Crippen LogP contribution is 2.37. The van der Waals surface area contributed by atoms with Crippen LogP contribution < -0.4 is 0 Å². The Labute approximate surface area is 101 Å². The molecule has 0 aromatic carbocycles. The van der Waals surface area contributed by atoms with Gasteiger partial charge in [-0.1, -0.05) is 37.3 Å².